The number of aryl methyl sites for hydroxylation is 1. The van der Waals surface area contributed by atoms with Crippen molar-refractivity contribution in [3.63, 3.8) is 0 Å². The monoisotopic (exact) mass is 260 g/mol. The summed E-state index contributed by atoms with van der Waals surface area (Å²) < 4.78 is 5.72. The number of hydrazine groups is 1. The smallest absolute Gasteiger partial charge is 0.227 e. The van der Waals surface area contributed by atoms with Gasteiger partial charge in [0, 0.05) is 0 Å². The highest BCUT2D eigenvalue weighted by Gasteiger charge is 2.10. The van der Waals surface area contributed by atoms with Crippen molar-refractivity contribution in [1.82, 2.24) is 9.97 Å². The lowest BCUT2D eigenvalue weighted by Gasteiger charge is -2.11. The van der Waals surface area contributed by atoms with Crippen LogP contribution < -0.4 is 16.0 Å². The molecule has 0 saturated carbocycles. The molecule has 0 unspecified atom stereocenters. The van der Waals surface area contributed by atoms with Crippen LogP contribution in [0.1, 0.15) is 17.0 Å². The fourth-order valence-electron chi connectivity index (χ4n) is 1.66. The lowest BCUT2D eigenvalue weighted by atomic mass is 10.2. The number of nitrogens with zero attached hydrogens (tertiary/aromatic N) is 2. The third-order valence-corrected chi connectivity index (χ3v) is 2.65. The molecule has 0 amide bonds. The van der Waals surface area contributed by atoms with E-state index in [9.17, 15) is 0 Å². The van der Waals surface area contributed by atoms with E-state index >= 15 is 0 Å². The molecule has 2 rings (SSSR count). The van der Waals surface area contributed by atoms with E-state index in [4.69, 9.17) is 15.7 Å². The molecule has 0 aliphatic rings. The van der Waals surface area contributed by atoms with Crippen molar-refractivity contribution in [3.05, 3.63) is 41.2 Å². The zero-order valence-corrected chi connectivity index (χ0v) is 10.8. The molecular weight excluding hydrogens is 244 g/mol. The first-order valence-corrected chi connectivity index (χ1v) is 5.83. The fraction of sp³-hybridized carbons (Fsp3) is 0.231. The normalized spacial score (nSPS) is 10.3. The van der Waals surface area contributed by atoms with E-state index in [0.29, 0.717) is 23.3 Å². The Kier molecular flexibility index (Phi) is 3.94. The molecule has 6 nitrogen and oxygen atoms in total. The molecule has 0 aliphatic heterocycles. The number of aliphatic hydroxyl groups is 1. The summed E-state index contributed by atoms with van der Waals surface area (Å²) in [6, 6.07) is 7.18. The van der Waals surface area contributed by atoms with Gasteiger partial charge in [0.25, 0.3) is 0 Å². The maximum absolute atomic E-state index is 9.10. The summed E-state index contributed by atoms with van der Waals surface area (Å²) in [6.07, 6.45) is 0. The van der Waals surface area contributed by atoms with E-state index in [1.54, 1.807) is 19.1 Å². The van der Waals surface area contributed by atoms with E-state index in [2.05, 4.69) is 15.4 Å². The van der Waals surface area contributed by atoms with Gasteiger partial charge in [-0.05, 0) is 31.5 Å². The number of aromatic nitrogens is 2. The van der Waals surface area contributed by atoms with Gasteiger partial charge in [0.2, 0.25) is 5.88 Å². The highest BCUT2D eigenvalue weighted by molar-refractivity contribution is 5.48. The van der Waals surface area contributed by atoms with Gasteiger partial charge in [0.15, 0.2) is 0 Å². The third kappa shape index (κ3) is 2.98. The first kappa shape index (κ1) is 13.3. The van der Waals surface area contributed by atoms with Crippen LogP contribution in [0.2, 0.25) is 0 Å². The molecule has 0 saturated heterocycles. The molecule has 0 spiro atoms. The zero-order chi connectivity index (χ0) is 13.8. The van der Waals surface area contributed by atoms with E-state index in [1.807, 2.05) is 19.1 Å². The first-order valence-electron chi connectivity index (χ1n) is 5.83. The quantitative estimate of drug-likeness (QED) is 0.572. The van der Waals surface area contributed by atoms with Crippen LogP contribution in [0.5, 0.6) is 11.6 Å². The predicted octanol–water partition coefficient (Wildman–Crippen LogP) is 1.66. The second kappa shape index (κ2) is 5.64. The molecule has 2 aromatic rings. The standard InChI is InChI=1S/C13H16N4O2/c1-8-12(17-14)15-9(2)16-13(8)19-11-5-3-4-10(6-11)7-18/h3-6,18H,7,14H2,1-2H3,(H,15,16,17). The average Bonchev–Trinajstić information content (AvgIpc) is 2.42. The number of nitrogen functional groups attached to an aromatic ring is 1. The molecule has 0 bridgehead atoms. The van der Waals surface area contributed by atoms with E-state index in [-0.39, 0.29) is 6.61 Å². The molecule has 1 aromatic carbocycles. The average molecular weight is 260 g/mol. The summed E-state index contributed by atoms with van der Waals surface area (Å²) in [4.78, 5) is 8.40. The lowest BCUT2D eigenvalue weighted by Crippen LogP contribution is -2.12. The van der Waals surface area contributed by atoms with Crippen LogP contribution in [0.25, 0.3) is 0 Å². The number of anilines is 1. The molecule has 0 radical (unpaired) electrons. The summed E-state index contributed by atoms with van der Waals surface area (Å²) in [5.74, 6) is 7.54. The fourth-order valence-corrected chi connectivity index (χ4v) is 1.66. The Morgan fingerprint density at radius 2 is 2.11 bits per heavy atom. The minimum Gasteiger partial charge on any atom is -0.439 e. The molecule has 6 heteroatoms. The van der Waals surface area contributed by atoms with Gasteiger partial charge in [-0.3, -0.25) is 0 Å². The van der Waals surface area contributed by atoms with Crippen LogP contribution >= 0.6 is 0 Å². The van der Waals surface area contributed by atoms with Gasteiger partial charge in [-0.25, -0.2) is 10.8 Å². The Morgan fingerprint density at radius 3 is 2.79 bits per heavy atom. The van der Waals surface area contributed by atoms with Crippen molar-refractivity contribution in [2.24, 2.45) is 5.84 Å². The predicted molar refractivity (Wildman–Crippen MR) is 71.8 cm³/mol. The summed E-state index contributed by atoms with van der Waals surface area (Å²) in [6.45, 7) is 3.55. The minimum atomic E-state index is -0.0331. The van der Waals surface area contributed by atoms with E-state index in [1.165, 1.54) is 0 Å². The van der Waals surface area contributed by atoms with Crippen LogP contribution in [-0.2, 0) is 6.61 Å². The van der Waals surface area contributed by atoms with Crippen LogP contribution in [0, 0.1) is 13.8 Å². The highest BCUT2D eigenvalue weighted by Crippen LogP contribution is 2.27. The van der Waals surface area contributed by atoms with E-state index in [0.717, 1.165) is 11.1 Å². The number of nitrogens with one attached hydrogen (secondary N) is 1. The first-order chi connectivity index (χ1) is 9.13. The van der Waals surface area contributed by atoms with Crippen molar-refractivity contribution in [2.45, 2.75) is 20.5 Å². The number of nitrogens with two attached hydrogens (primary N) is 1. The summed E-state index contributed by atoms with van der Waals surface area (Å²) in [5, 5.41) is 9.10. The third-order valence-electron chi connectivity index (χ3n) is 2.65. The number of ether oxygens (including phenoxy) is 1. The van der Waals surface area contributed by atoms with Gasteiger partial charge < -0.3 is 15.3 Å². The number of hydrogen-bond acceptors (Lipinski definition) is 6. The van der Waals surface area contributed by atoms with Gasteiger partial charge in [0.05, 0.1) is 12.2 Å². The highest BCUT2D eigenvalue weighted by atomic mass is 16.5. The van der Waals surface area contributed by atoms with Gasteiger partial charge in [-0.2, -0.15) is 4.98 Å². The summed E-state index contributed by atoms with van der Waals surface area (Å²) in [7, 11) is 0. The Balaban J connectivity index is 2.34. The van der Waals surface area contributed by atoms with Gasteiger partial charge in [-0.15, -0.1) is 0 Å². The second-order valence-corrected chi connectivity index (χ2v) is 4.10. The van der Waals surface area contributed by atoms with Crippen molar-refractivity contribution in [1.29, 1.82) is 0 Å². The molecule has 1 heterocycles. The Morgan fingerprint density at radius 1 is 1.32 bits per heavy atom. The van der Waals surface area contributed by atoms with Crippen LogP contribution in [0.3, 0.4) is 0 Å². The molecule has 0 atom stereocenters. The van der Waals surface area contributed by atoms with Crippen LogP contribution in [-0.4, -0.2) is 15.1 Å². The van der Waals surface area contributed by atoms with Gasteiger partial charge in [-0.1, -0.05) is 12.1 Å². The molecule has 0 fully saturated rings. The van der Waals surface area contributed by atoms with Crippen LogP contribution in [0.4, 0.5) is 5.82 Å². The summed E-state index contributed by atoms with van der Waals surface area (Å²) >= 11 is 0. The molecule has 100 valence electrons. The van der Waals surface area contributed by atoms with Crippen molar-refractivity contribution in [3.8, 4) is 11.6 Å². The molecule has 1 aromatic heterocycles. The number of benzene rings is 1. The largest absolute Gasteiger partial charge is 0.439 e. The topological polar surface area (TPSA) is 93.3 Å². The SMILES string of the molecule is Cc1nc(NN)c(C)c(Oc2cccc(CO)c2)n1. The molecule has 0 aliphatic carbocycles. The molecular formula is C13H16N4O2. The van der Waals surface area contributed by atoms with Crippen LogP contribution in [0.15, 0.2) is 24.3 Å². The number of aliphatic hydroxyl groups excluding tert-OH is 1. The van der Waals surface area contributed by atoms with Crippen molar-refractivity contribution >= 4 is 5.82 Å². The maximum Gasteiger partial charge on any atom is 0.227 e. The molecule has 4 N–H and O–H groups in total. The molecule has 19 heavy (non-hydrogen) atoms. The minimum absolute atomic E-state index is 0.0331. The Labute approximate surface area is 111 Å². The van der Waals surface area contributed by atoms with Crippen molar-refractivity contribution in [2.75, 3.05) is 5.43 Å². The number of rotatable bonds is 4. The van der Waals surface area contributed by atoms with Gasteiger partial charge in [0.1, 0.15) is 17.4 Å². The summed E-state index contributed by atoms with van der Waals surface area (Å²) in [5.41, 5.74) is 4.01. The second-order valence-electron chi connectivity index (χ2n) is 4.10. The lowest BCUT2D eigenvalue weighted by molar-refractivity contribution is 0.281. The zero-order valence-electron chi connectivity index (χ0n) is 10.8. The maximum atomic E-state index is 9.10. The Bertz CT molecular complexity index is 587. The number of hydrogen-bond donors (Lipinski definition) is 3. The van der Waals surface area contributed by atoms with Gasteiger partial charge >= 0.3 is 0 Å². The van der Waals surface area contributed by atoms with Crippen molar-refractivity contribution < 1.29 is 9.84 Å². The van der Waals surface area contributed by atoms with E-state index < -0.39 is 0 Å². The Hall–Kier alpha value is -2.18.